The second-order valence-electron chi connectivity index (χ2n) is 6.95. The summed E-state index contributed by atoms with van der Waals surface area (Å²) in [6, 6.07) is 5.80. The van der Waals surface area contributed by atoms with Crippen LogP contribution in [-0.2, 0) is 13.1 Å². The van der Waals surface area contributed by atoms with Gasteiger partial charge in [0.2, 0.25) is 0 Å². The monoisotopic (exact) mass is 494 g/mol. The van der Waals surface area contributed by atoms with E-state index in [9.17, 15) is 4.39 Å². The van der Waals surface area contributed by atoms with E-state index >= 15 is 0 Å². The number of thioether (sulfide) groups is 1. The van der Waals surface area contributed by atoms with E-state index in [4.69, 9.17) is 0 Å². The number of nitrogens with one attached hydrogen (secondary N) is 2. The quantitative estimate of drug-likeness (QED) is 0.358. The molecule has 0 amide bonds. The lowest BCUT2D eigenvalue weighted by Gasteiger charge is -2.29. The molecular weight excluding hydrogens is 462 g/mol. The van der Waals surface area contributed by atoms with Crippen LogP contribution in [0.15, 0.2) is 23.2 Å². The third kappa shape index (κ3) is 7.60. The maximum atomic E-state index is 13.9. The van der Waals surface area contributed by atoms with Gasteiger partial charge in [-0.1, -0.05) is 12.5 Å². The molecule has 0 aromatic heterocycles. The summed E-state index contributed by atoms with van der Waals surface area (Å²) in [5.74, 6) is 0.676. The summed E-state index contributed by atoms with van der Waals surface area (Å²) in [6.45, 7) is 1.24. The van der Waals surface area contributed by atoms with Crippen molar-refractivity contribution in [1.29, 1.82) is 0 Å². The maximum Gasteiger partial charge on any atom is 0.191 e. The van der Waals surface area contributed by atoms with Gasteiger partial charge < -0.3 is 15.5 Å². The highest BCUT2D eigenvalue weighted by Gasteiger charge is 2.21. The zero-order chi connectivity index (χ0) is 18.2. The molecule has 26 heavy (non-hydrogen) atoms. The molecule has 1 aliphatic rings. The number of halogens is 2. The van der Waals surface area contributed by atoms with Crippen LogP contribution in [0.2, 0.25) is 0 Å². The van der Waals surface area contributed by atoms with Crippen molar-refractivity contribution in [3.8, 4) is 0 Å². The van der Waals surface area contributed by atoms with E-state index < -0.39 is 0 Å². The van der Waals surface area contributed by atoms with Gasteiger partial charge in [0.15, 0.2) is 5.96 Å². The SMILES string of the molecule is CN=C(NCc1ccc(F)c(CN(C)C)c1)NC1CCCC(SC)C1.I. The minimum absolute atomic E-state index is 0. The highest BCUT2D eigenvalue weighted by molar-refractivity contribution is 14.0. The van der Waals surface area contributed by atoms with Gasteiger partial charge >= 0.3 is 0 Å². The van der Waals surface area contributed by atoms with Gasteiger partial charge in [-0.2, -0.15) is 11.8 Å². The molecule has 0 bridgehead atoms. The molecule has 2 unspecified atom stereocenters. The minimum Gasteiger partial charge on any atom is -0.354 e. The van der Waals surface area contributed by atoms with Crippen LogP contribution in [0.25, 0.3) is 0 Å². The maximum absolute atomic E-state index is 13.9. The fraction of sp³-hybridized carbons (Fsp3) is 0.632. The number of hydrogen-bond acceptors (Lipinski definition) is 3. The molecule has 148 valence electrons. The Morgan fingerprint density at radius 2 is 2.12 bits per heavy atom. The fourth-order valence-electron chi connectivity index (χ4n) is 3.26. The van der Waals surface area contributed by atoms with E-state index in [2.05, 4.69) is 21.9 Å². The molecule has 0 spiro atoms. The second kappa shape index (κ2) is 12.0. The van der Waals surface area contributed by atoms with Crippen molar-refractivity contribution in [2.24, 2.45) is 4.99 Å². The minimum atomic E-state index is -0.148. The van der Waals surface area contributed by atoms with Crippen LogP contribution in [0, 0.1) is 5.82 Å². The highest BCUT2D eigenvalue weighted by atomic mass is 127. The Hall–Kier alpha value is -0.540. The number of benzene rings is 1. The first kappa shape index (κ1) is 23.5. The Balaban J connectivity index is 0.00000338. The van der Waals surface area contributed by atoms with E-state index in [1.54, 1.807) is 13.1 Å². The fourth-order valence-corrected chi connectivity index (χ4v) is 4.09. The molecule has 2 rings (SSSR count). The van der Waals surface area contributed by atoms with Crippen molar-refractivity contribution in [1.82, 2.24) is 15.5 Å². The lowest BCUT2D eigenvalue weighted by molar-refractivity contribution is 0.392. The Morgan fingerprint density at radius 3 is 2.77 bits per heavy atom. The summed E-state index contributed by atoms with van der Waals surface area (Å²) < 4.78 is 13.9. The van der Waals surface area contributed by atoms with Gasteiger partial charge in [0, 0.05) is 37.0 Å². The molecule has 0 radical (unpaired) electrons. The van der Waals surface area contributed by atoms with Gasteiger partial charge in [0.25, 0.3) is 0 Å². The molecule has 2 N–H and O–H groups in total. The molecule has 1 saturated carbocycles. The molecule has 1 aliphatic carbocycles. The molecule has 0 aliphatic heterocycles. The van der Waals surface area contributed by atoms with Crippen LogP contribution in [0.3, 0.4) is 0 Å². The van der Waals surface area contributed by atoms with Gasteiger partial charge in [0.05, 0.1) is 0 Å². The molecule has 4 nitrogen and oxygen atoms in total. The third-order valence-electron chi connectivity index (χ3n) is 4.58. The largest absolute Gasteiger partial charge is 0.354 e. The average Bonchev–Trinajstić information content (AvgIpc) is 2.60. The summed E-state index contributed by atoms with van der Waals surface area (Å²) >= 11 is 1.96. The van der Waals surface area contributed by atoms with Crippen LogP contribution >= 0.6 is 35.7 Å². The smallest absolute Gasteiger partial charge is 0.191 e. The number of guanidine groups is 1. The van der Waals surface area contributed by atoms with E-state index in [1.165, 1.54) is 25.7 Å². The number of hydrogen-bond donors (Lipinski definition) is 2. The van der Waals surface area contributed by atoms with Crippen molar-refractivity contribution in [3.05, 3.63) is 35.1 Å². The van der Waals surface area contributed by atoms with Crippen molar-refractivity contribution >= 4 is 41.7 Å². The number of aliphatic imine (C=N–C) groups is 1. The van der Waals surface area contributed by atoms with E-state index in [1.807, 2.05) is 42.9 Å². The molecule has 2 atom stereocenters. The van der Waals surface area contributed by atoms with E-state index in [0.29, 0.717) is 19.1 Å². The van der Waals surface area contributed by atoms with Crippen molar-refractivity contribution in [2.75, 3.05) is 27.4 Å². The zero-order valence-corrected chi connectivity index (χ0v) is 19.4. The highest BCUT2D eigenvalue weighted by Crippen LogP contribution is 2.26. The second-order valence-corrected chi connectivity index (χ2v) is 8.09. The Labute approximate surface area is 178 Å². The predicted octanol–water partition coefficient (Wildman–Crippen LogP) is 3.84. The van der Waals surface area contributed by atoms with Gasteiger partial charge in [-0.3, -0.25) is 4.99 Å². The van der Waals surface area contributed by atoms with Crippen LogP contribution in [0.4, 0.5) is 4.39 Å². The lowest BCUT2D eigenvalue weighted by Crippen LogP contribution is -2.45. The van der Waals surface area contributed by atoms with Crippen LogP contribution in [-0.4, -0.2) is 49.6 Å². The number of nitrogens with zero attached hydrogens (tertiary/aromatic N) is 2. The molecule has 1 aromatic rings. The summed E-state index contributed by atoms with van der Waals surface area (Å²) in [5, 5.41) is 7.65. The standard InChI is InChI=1S/C19H31FN4S.HI/c1-21-19(23-16-6-5-7-17(11-16)25-4)22-12-14-8-9-18(20)15(10-14)13-24(2)3;/h8-10,16-17H,5-7,11-13H2,1-4H3,(H2,21,22,23);1H. The average molecular weight is 494 g/mol. The van der Waals surface area contributed by atoms with Crippen LogP contribution < -0.4 is 10.6 Å². The Bertz CT molecular complexity index is 583. The third-order valence-corrected chi connectivity index (χ3v) is 5.68. The molecule has 7 heteroatoms. The predicted molar refractivity (Wildman–Crippen MR) is 122 cm³/mol. The van der Waals surface area contributed by atoms with Crippen LogP contribution in [0.5, 0.6) is 0 Å². The molecule has 1 aromatic carbocycles. The van der Waals surface area contributed by atoms with Gasteiger partial charge in [-0.15, -0.1) is 24.0 Å². The molecule has 0 heterocycles. The Morgan fingerprint density at radius 1 is 1.35 bits per heavy atom. The first-order valence-electron chi connectivity index (χ1n) is 8.93. The first-order chi connectivity index (χ1) is 12.0. The van der Waals surface area contributed by atoms with Crippen LogP contribution in [0.1, 0.15) is 36.8 Å². The van der Waals surface area contributed by atoms with Gasteiger partial charge in [-0.05, 0) is 57.3 Å². The summed E-state index contributed by atoms with van der Waals surface area (Å²) in [7, 11) is 5.69. The Kier molecular flexibility index (Phi) is 10.9. The molecule has 0 saturated heterocycles. The summed E-state index contributed by atoms with van der Waals surface area (Å²) in [4.78, 5) is 6.32. The van der Waals surface area contributed by atoms with Gasteiger partial charge in [0.1, 0.15) is 5.82 Å². The van der Waals surface area contributed by atoms with E-state index in [-0.39, 0.29) is 29.8 Å². The van der Waals surface area contributed by atoms with Crippen molar-refractivity contribution in [2.45, 2.75) is 50.1 Å². The zero-order valence-electron chi connectivity index (χ0n) is 16.2. The molecular formula is C19H32FIN4S. The van der Waals surface area contributed by atoms with Crippen molar-refractivity contribution in [3.63, 3.8) is 0 Å². The van der Waals surface area contributed by atoms with E-state index in [0.717, 1.165) is 22.3 Å². The normalized spacial score (nSPS) is 20.6. The summed E-state index contributed by atoms with van der Waals surface area (Å²) in [5.41, 5.74) is 1.79. The number of rotatable bonds is 6. The van der Waals surface area contributed by atoms with Gasteiger partial charge in [-0.25, -0.2) is 4.39 Å². The first-order valence-corrected chi connectivity index (χ1v) is 10.2. The van der Waals surface area contributed by atoms with Crippen molar-refractivity contribution < 1.29 is 4.39 Å². The lowest BCUT2D eigenvalue weighted by atomic mass is 9.95. The summed E-state index contributed by atoms with van der Waals surface area (Å²) in [6.07, 6.45) is 7.16. The molecule has 1 fully saturated rings. The topological polar surface area (TPSA) is 39.7 Å².